The predicted molar refractivity (Wildman–Crippen MR) is 110 cm³/mol. The highest BCUT2D eigenvalue weighted by atomic mass is 16.6. The maximum Gasteiger partial charge on any atom is 0.410 e. The van der Waals surface area contributed by atoms with Crippen molar-refractivity contribution in [1.29, 1.82) is 0 Å². The standard InChI is InChI=1S/C21H32N4O4/c1-15-17(24-9-11-25(12-10-24)19(27)29-20(2,3)4)7-6-16(22-15)18(26)23-21(5)8-13-28-14-21/h6-7H,8-14H2,1-5H3,(H,23,26). The quantitative estimate of drug-likeness (QED) is 0.833. The molecule has 2 saturated heterocycles. The highest BCUT2D eigenvalue weighted by Crippen LogP contribution is 2.22. The first-order valence-corrected chi connectivity index (χ1v) is 10.2. The Hall–Kier alpha value is -2.35. The molecule has 8 heteroatoms. The molecule has 1 N–H and O–H groups in total. The van der Waals surface area contributed by atoms with E-state index in [0.29, 0.717) is 45.1 Å². The maximum atomic E-state index is 12.6. The van der Waals surface area contributed by atoms with Gasteiger partial charge in [0.05, 0.1) is 23.5 Å². The number of aromatic nitrogens is 1. The maximum absolute atomic E-state index is 12.6. The molecular formula is C21H32N4O4. The third-order valence-electron chi connectivity index (χ3n) is 5.20. The summed E-state index contributed by atoms with van der Waals surface area (Å²) in [6.45, 7) is 13.3. The van der Waals surface area contributed by atoms with Gasteiger partial charge in [-0.3, -0.25) is 4.79 Å². The Kier molecular flexibility index (Phi) is 6.03. The zero-order valence-corrected chi connectivity index (χ0v) is 18.1. The number of nitrogens with zero attached hydrogens (tertiary/aromatic N) is 3. The van der Waals surface area contributed by atoms with Crippen molar-refractivity contribution in [3.63, 3.8) is 0 Å². The Labute approximate surface area is 172 Å². The fraction of sp³-hybridized carbons (Fsp3) is 0.667. The molecule has 0 aromatic carbocycles. The number of anilines is 1. The SMILES string of the molecule is Cc1nc(C(=O)NC2(C)CCOC2)ccc1N1CCN(C(=O)OC(C)(C)C)CC1. The molecule has 1 unspecified atom stereocenters. The summed E-state index contributed by atoms with van der Waals surface area (Å²) in [7, 11) is 0. The van der Waals surface area contributed by atoms with Crippen molar-refractivity contribution in [2.24, 2.45) is 0 Å². The molecule has 0 saturated carbocycles. The number of hydrogen-bond acceptors (Lipinski definition) is 6. The summed E-state index contributed by atoms with van der Waals surface area (Å²) >= 11 is 0. The second-order valence-corrected chi connectivity index (χ2v) is 9.07. The van der Waals surface area contributed by atoms with E-state index in [1.54, 1.807) is 11.0 Å². The first-order valence-electron chi connectivity index (χ1n) is 10.2. The highest BCUT2D eigenvalue weighted by molar-refractivity contribution is 5.93. The molecule has 0 aliphatic carbocycles. The molecule has 0 radical (unpaired) electrons. The van der Waals surface area contributed by atoms with Crippen LogP contribution in [0.3, 0.4) is 0 Å². The highest BCUT2D eigenvalue weighted by Gasteiger charge is 2.32. The van der Waals surface area contributed by atoms with Crippen molar-refractivity contribution in [3.05, 3.63) is 23.5 Å². The number of hydrogen-bond donors (Lipinski definition) is 1. The molecule has 2 fully saturated rings. The number of piperazine rings is 1. The van der Waals surface area contributed by atoms with Crippen molar-refractivity contribution < 1.29 is 19.1 Å². The molecule has 29 heavy (non-hydrogen) atoms. The monoisotopic (exact) mass is 404 g/mol. The number of amides is 2. The fourth-order valence-corrected chi connectivity index (χ4v) is 3.57. The summed E-state index contributed by atoms with van der Waals surface area (Å²) in [5.74, 6) is -0.178. The van der Waals surface area contributed by atoms with E-state index in [9.17, 15) is 9.59 Å². The zero-order chi connectivity index (χ0) is 21.2. The van der Waals surface area contributed by atoms with E-state index in [-0.39, 0.29) is 17.5 Å². The smallest absolute Gasteiger partial charge is 0.410 e. The number of ether oxygens (including phenoxy) is 2. The van der Waals surface area contributed by atoms with Crippen LogP contribution in [0.4, 0.5) is 10.5 Å². The lowest BCUT2D eigenvalue weighted by molar-refractivity contribution is 0.0240. The number of nitrogens with one attached hydrogen (secondary N) is 1. The first kappa shape index (κ1) is 21.4. The van der Waals surface area contributed by atoms with Crippen LogP contribution < -0.4 is 10.2 Å². The summed E-state index contributed by atoms with van der Waals surface area (Å²) in [5, 5.41) is 3.04. The van der Waals surface area contributed by atoms with Crippen LogP contribution in [-0.4, -0.2) is 72.4 Å². The number of rotatable bonds is 3. The van der Waals surface area contributed by atoms with Gasteiger partial charge in [0.15, 0.2) is 0 Å². The lowest BCUT2D eigenvalue weighted by Gasteiger charge is -2.37. The predicted octanol–water partition coefficient (Wildman–Crippen LogP) is 2.36. The fourth-order valence-electron chi connectivity index (χ4n) is 3.57. The van der Waals surface area contributed by atoms with Crippen molar-refractivity contribution in [2.75, 3.05) is 44.3 Å². The van der Waals surface area contributed by atoms with Crippen molar-refractivity contribution in [1.82, 2.24) is 15.2 Å². The van der Waals surface area contributed by atoms with Gasteiger partial charge in [0.1, 0.15) is 11.3 Å². The van der Waals surface area contributed by atoms with Gasteiger partial charge in [-0.1, -0.05) is 0 Å². The largest absolute Gasteiger partial charge is 0.444 e. The van der Waals surface area contributed by atoms with Gasteiger partial charge in [-0.05, 0) is 53.2 Å². The molecular weight excluding hydrogens is 372 g/mol. The van der Waals surface area contributed by atoms with Gasteiger partial charge < -0.3 is 24.6 Å². The topological polar surface area (TPSA) is 84.0 Å². The summed E-state index contributed by atoms with van der Waals surface area (Å²) in [6, 6.07) is 3.70. The van der Waals surface area contributed by atoms with Crippen LogP contribution in [0, 0.1) is 6.92 Å². The molecule has 1 aromatic rings. The van der Waals surface area contributed by atoms with Crippen molar-refractivity contribution >= 4 is 17.7 Å². The lowest BCUT2D eigenvalue weighted by Crippen LogP contribution is -2.50. The van der Waals surface area contributed by atoms with E-state index < -0.39 is 5.60 Å². The molecule has 2 aliphatic rings. The minimum atomic E-state index is -0.493. The van der Waals surface area contributed by atoms with Crippen molar-refractivity contribution in [2.45, 2.75) is 52.2 Å². The second-order valence-electron chi connectivity index (χ2n) is 9.07. The molecule has 160 valence electrons. The van der Waals surface area contributed by atoms with Gasteiger partial charge in [0.25, 0.3) is 5.91 Å². The number of carbonyl (C=O) groups excluding carboxylic acids is 2. The molecule has 2 aliphatic heterocycles. The summed E-state index contributed by atoms with van der Waals surface area (Å²) in [5.41, 5.74) is 1.37. The Bertz CT molecular complexity index is 760. The number of carbonyl (C=O) groups is 2. The van der Waals surface area contributed by atoms with Crippen LogP contribution in [0.2, 0.25) is 0 Å². The molecule has 2 amide bonds. The first-order chi connectivity index (χ1) is 13.6. The minimum Gasteiger partial charge on any atom is -0.444 e. The van der Waals surface area contributed by atoms with Gasteiger partial charge in [0, 0.05) is 32.8 Å². The average Bonchev–Trinajstić information content (AvgIpc) is 3.06. The molecule has 1 atom stereocenters. The van der Waals surface area contributed by atoms with Gasteiger partial charge in [-0.2, -0.15) is 0 Å². The van der Waals surface area contributed by atoms with E-state index in [4.69, 9.17) is 9.47 Å². The van der Waals surface area contributed by atoms with Gasteiger partial charge in [-0.25, -0.2) is 9.78 Å². The van der Waals surface area contributed by atoms with E-state index in [0.717, 1.165) is 17.8 Å². The number of pyridine rings is 1. The van der Waals surface area contributed by atoms with Gasteiger partial charge in [0.2, 0.25) is 0 Å². The molecule has 8 nitrogen and oxygen atoms in total. The van der Waals surface area contributed by atoms with Crippen LogP contribution in [0.25, 0.3) is 0 Å². The average molecular weight is 405 g/mol. The van der Waals surface area contributed by atoms with Crippen LogP contribution >= 0.6 is 0 Å². The van der Waals surface area contributed by atoms with Crippen molar-refractivity contribution in [3.8, 4) is 0 Å². The van der Waals surface area contributed by atoms with Crippen LogP contribution in [0.15, 0.2) is 12.1 Å². The van der Waals surface area contributed by atoms with Crippen LogP contribution in [0.1, 0.15) is 50.3 Å². The Morgan fingerprint density at radius 2 is 1.90 bits per heavy atom. The summed E-state index contributed by atoms with van der Waals surface area (Å²) in [4.78, 5) is 33.3. The van der Waals surface area contributed by atoms with Crippen LogP contribution in [-0.2, 0) is 9.47 Å². The molecule has 0 spiro atoms. The van der Waals surface area contributed by atoms with Gasteiger partial charge in [-0.15, -0.1) is 0 Å². The molecule has 3 rings (SSSR count). The lowest BCUT2D eigenvalue weighted by atomic mass is 10.0. The normalized spacial score (nSPS) is 22.5. The Balaban J connectivity index is 1.60. The second kappa shape index (κ2) is 8.18. The van der Waals surface area contributed by atoms with E-state index >= 15 is 0 Å². The third-order valence-corrected chi connectivity index (χ3v) is 5.20. The van der Waals surface area contributed by atoms with E-state index in [1.165, 1.54) is 0 Å². The van der Waals surface area contributed by atoms with E-state index in [1.807, 2.05) is 40.7 Å². The minimum absolute atomic E-state index is 0.178. The third kappa shape index (κ3) is 5.38. The number of aryl methyl sites for hydroxylation is 1. The molecule has 3 heterocycles. The summed E-state index contributed by atoms with van der Waals surface area (Å²) < 4.78 is 10.8. The Morgan fingerprint density at radius 1 is 1.21 bits per heavy atom. The Morgan fingerprint density at radius 3 is 2.45 bits per heavy atom. The zero-order valence-electron chi connectivity index (χ0n) is 18.1. The van der Waals surface area contributed by atoms with Crippen LogP contribution in [0.5, 0.6) is 0 Å². The molecule has 1 aromatic heterocycles. The van der Waals surface area contributed by atoms with E-state index in [2.05, 4.69) is 15.2 Å². The van der Waals surface area contributed by atoms with Gasteiger partial charge >= 0.3 is 6.09 Å². The summed E-state index contributed by atoms with van der Waals surface area (Å²) in [6.07, 6.45) is 0.529. The molecule has 0 bridgehead atoms.